The van der Waals surface area contributed by atoms with Crippen LogP contribution < -0.4 is 5.32 Å². The molecule has 106 valence electrons. The standard InChI is InChI=1S/C13H25NO4/c1-6-7-8-9(2)12(15)11(10(3)17-4)14-13(16)18-5/h9-11H,6-8H2,1-5H3,(H,14,16)/t9?,10-,11-/m1/s1. The van der Waals surface area contributed by atoms with Crippen LogP contribution in [0.4, 0.5) is 4.79 Å². The Hall–Kier alpha value is -1.10. The molecule has 0 fully saturated rings. The highest BCUT2D eigenvalue weighted by molar-refractivity contribution is 5.89. The Morgan fingerprint density at radius 2 is 1.83 bits per heavy atom. The van der Waals surface area contributed by atoms with Crippen LogP contribution in [0, 0.1) is 5.92 Å². The van der Waals surface area contributed by atoms with E-state index in [-0.39, 0.29) is 17.8 Å². The fourth-order valence-electron chi connectivity index (χ4n) is 1.70. The van der Waals surface area contributed by atoms with Gasteiger partial charge >= 0.3 is 6.09 Å². The molecule has 0 saturated heterocycles. The fourth-order valence-corrected chi connectivity index (χ4v) is 1.70. The maximum atomic E-state index is 12.3. The minimum absolute atomic E-state index is 0.0109. The maximum absolute atomic E-state index is 12.3. The molecule has 1 amide bonds. The number of nitrogens with one attached hydrogen (secondary N) is 1. The van der Waals surface area contributed by atoms with Crippen LogP contribution in [0.2, 0.25) is 0 Å². The first kappa shape index (κ1) is 16.9. The van der Waals surface area contributed by atoms with Crippen LogP contribution in [-0.2, 0) is 14.3 Å². The number of hydrogen-bond acceptors (Lipinski definition) is 4. The van der Waals surface area contributed by atoms with Gasteiger partial charge in [0, 0.05) is 13.0 Å². The van der Waals surface area contributed by atoms with Crippen LogP contribution in [0.15, 0.2) is 0 Å². The summed E-state index contributed by atoms with van der Waals surface area (Å²) in [5, 5.41) is 2.54. The van der Waals surface area contributed by atoms with Gasteiger partial charge in [0.15, 0.2) is 5.78 Å². The van der Waals surface area contributed by atoms with E-state index in [9.17, 15) is 9.59 Å². The van der Waals surface area contributed by atoms with E-state index in [0.717, 1.165) is 19.3 Å². The van der Waals surface area contributed by atoms with Crippen molar-refractivity contribution in [2.75, 3.05) is 14.2 Å². The number of alkyl carbamates (subject to hydrolysis) is 1. The topological polar surface area (TPSA) is 64.6 Å². The number of carbonyl (C=O) groups excluding carboxylic acids is 2. The summed E-state index contributed by atoms with van der Waals surface area (Å²) in [5.41, 5.74) is 0. The van der Waals surface area contributed by atoms with E-state index in [2.05, 4.69) is 17.0 Å². The van der Waals surface area contributed by atoms with Crippen LogP contribution in [-0.4, -0.2) is 38.2 Å². The molecule has 1 N–H and O–H groups in total. The molecule has 0 spiro atoms. The second kappa shape index (κ2) is 8.91. The molecule has 0 saturated carbocycles. The highest BCUT2D eigenvalue weighted by atomic mass is 16.5. The first-order valence-corrected chi connectivity index (χ1v) is 6.38. The van der Waals surface area contributed by atoms with Gasteiger partial charge in [0.1, 0.15) is 6.04 Å². The zero-order chi connectivity index (χ0) is 14.1. The van der Waals surface area contributed by atoms with Crippen molar-refractivity contribution in [3.05, 3.63) is 0 Å². The number of unbranched alkanes of at least 4 members (excludes halogenated alkanes) is 1. The van der Waals surface area contributed by atoms with Crippen molar-refractivity contribution in [1.82, 2.24) is 5.32 Å². The summed E-state index contributed by atoms with van der Waals surface area (Å²) in [7, 11) is 2.79. The number of rotatable bonds is 8. The summed E-state index contributed by atoms with van der Waals surface area (Å²) >= 11 is 0. The van der Waals surface area contributed by atoms with Gasteiger partial charge in [-0.1, -0.05) is 26.7 Å². The Balaban J connectivity index is 4.63. The van der Waals surface area contributed by atoms with Gasteiger partial charge in [-0.15, -0.1) is 0 Å². The van der Waals surface area contributed by atoms with E-state index < -0.39 is 12.1 Å². The molecule has 1 unspecified atom stereocenters. The highest BCUT2D eigenvalue weighted by Gasteiger charge is 2.30. The zero-order valence-electron chi connectivity index (χ0n) is 12.0. The Morgan fingerprint density at radius 3 is 2.28 bits per heavy atom. The molecule has 0 heterocycles. The fraction of sp³-hybridized carbons (Fsp3) is 0.846. The molecule has 0 aliphatic heterocycles. The van der Waals surface area contributed by atoms with Crippen molar-refractivity contribution < 1.29 is 19.1 Å². The van der Waals surface area contributed by atoms with Crippen LogP contribution in [0.5, 0.6) is 0 Å². The largest absolute Gasteiger partial charge is 0.453 e. The number of amides is 1. The van der Waals surface area contributed by atoms with Crippen molar-refractivity contribution >= 4 is 11.9 Å². The Bertz CT molecular complexity index is 268. The molecular formula is C13H25NO4. The molecule has 0 aromatic heterocycles. The normalized spacial score (nSPS) is 15.6. The van der Waals surface area contributed by atoms with Crippen molar-refractivity contribution in [2.24, 2.45) is 5.92 Å². The van der Waals surface area contributed by atoms with Gasteiger partial charge in [-0.3, -0.25) is 4.79 Å². The first-order valence-electron chi connectivity index (χ1n) is 6.38. The molecule has 0 aromatic rings. The van der Waals surface area contributed by atoms with Gasteiger partial charge in [0.05, 0.1) is 13.2 Å². The third-order valence-electron chi connectivity index (χ3n) is 3.08. The van der Waals surface area contributed by atoms with Gasteiger partial charge in [-0.2, -0.15) is 0 Å². The van der Waals surface area contributed by atoms with Crippen LogP contribution in [0.25, 0.3) is 0 Å². The molecule has 3 atom stereocenters. The molecule has 0 rings (SSSR count). The number of carbonyl (C=O) groups is 2. The zero-order valence-corrected chi connectivity index (χ0v) is 12.0. The highest BCUT2D eigenvalue weighted by Crippen LogP contribution is 2.13. The Labute approximate surface area is 109 Å². The second-order valence-electron chi connectivity index (χ2n) is 4.50. The quantitative estimate of drug-likeness (QED) is 0.725. The van der Waals surface area contributed by atoms with Gasteiger partial charge in [-0.25, -0.2) is 4.79 Å². The number of methoxy groups -OCH3 is 2. The molecule has 5 nitrogen and oxygen atoms in total. The molecule has 0 aliphatic rings. The molecular weight excluding hydrogens is 234 g/mol. The predicted molar refractivity (Wildman–Crippen MR) is 69.5 cm³/mol. The Kier molecular flexibility index (Phi) is 8.37. The summed E-state index contributed by atoms with van der Waals surface area (Å²) in [6, 6.07) is -0.658. The number of hydrogen-bond donors (Lipinski definition) is 1. The van der Waals surface area contributed by atoms with E-state index in [1.165, 1.54) is 14.2 Å². The lowest BCUT2D eigenvalue weighted by Crippen LogP contribution is -2.50. The van der Waals surface area contributed by atoms with Gasteiger partial charge < -0.3 is 14.8 Å². The molecule has 0 radical (unpaired) electrons. The third-order valence-corrected chi connectivity index (χ3v) is 3.08. The molecule has 0 aromatic carbocycles. The summed E-state index contributed by atoms with van der Waals surface area (Å²) in [6.07, 6.45) is 1.89. The minimum atomic E-state index is -0.658. The molecule has 0 aliphatic carbocycles. The Morgan fingerprint density at radius 1 is 1.22 bits per heavy atom. The lowest BCUT2D eigenvalue weighted by Gasteiger charge is -2.25. The van der Waals surface area contributed by atoms with Crippen LogP contribution >= 0.6 is 0 Å². The monoisotopic (exact) mass is 259 g/mol. The van der Waals surface area contributed by atoms with E-state index in [1.807, 2.05) is 6.92 Å². The van der Waals surface area contributed by atoms with Crippen LogP contribution in [0.1, 0.15) is 40.0 Å². The molecule has 5 heteroatoms. The van der Waals surface area contributed by atoms with Crippen molar-refractivity contribution in [2.45, 2.75) is 52.2 Å². The maximum Gasteiger partial charge on any atom is 0.407 e. The average molecular weight is 259 g/mol. The summed E-state index contributed by atoms with van der Waals surface area (Å²) in [6.45, 7) is 5.72. The smallest absolute Gasteiger partial charge is 0.407 e. The van der Waals surface area contributed by atoms with Crippen molar-refractivity contribution in [3.8, 4) is 0 Å². The third kappa shape index (κ3) is 5.49. The van der Waals surface area contributed by atoms with Gasteiger partial charge in [0.2, 0.25) is 0 Å². The lowest BCUT2D eigenvalue weighted by atomic mass is 9.92. The van der Waals surface area contributed by atoms with Crippen molar-refractivity contribution in [3.63, 3.8) is 0 Å². The summed E-state index contributed by atoms with van der Waals surface area (Å²) in [4.78, 5) is 23.5. The van der Waals surface area contributed by atoms with E-state index >= 15 is 0 Å². The van der Waals surface area contributed by atoms with Crippen LogP contribution in [0.3, 0.4) is 0 Å². The summed E-state index contributed by atoms with van der Waals surface area (Å²) in [5.74, 6) is -0.104. The van der Waals surface area contributed by atoms with Crippen molar-refractivity contribution in [1.29, 1.82) is 0 Å². The van der Waals surface area contributed by atoms with E-state index in [0.29, 0.717) is 0 Å². The number of Topliss-reactive ketones (excluding diaryl/α,β-unsaturated/α-hetero) is 1. The number of ketones is 1. The predicted octanol–water partition coefficient (Wildman–Crippen LogP) is 2.14. The first-order chi connectivity index (χ1) is 8.47. The van der Waals surface area contributed by atoms with E-state index in [4.69, 9.17) is 4.74 Å². The second-order valence-corrected chi connectivity index (χ2v) is 4.50. The van der Waals surface area contributed by atoms with E-state index in [1.54, 1.807) is 6.92 Å². The summed E-state index contributed by atoms with van der Waals surface area (Å²) < 4.78 is 9.67. The number of ether oxygens (including phenoxy) is 2. The molecule has 18 heavy (non-hydrogen) atoms. The van der Waals surface area contributed by atoms with Gasteiger partial charge in [0.25, 0.3) is 0 Å². The SMILES string of the molecule is CCCCC(C)C(=O)[C@H](NC(=O)OC)[C@@H](C)OC. The minimum Gasteiger partial charge on any atom is -0.453 e. The van der Waals surface area contributed by atoms with Gasteiger partial charge in [-0.05, 0) is 13.3 Å². The average Bonchev–Trinajstić information content (AvgIpc) is 2.39. The molecule has 0 bridgehead atoms. The lowest BCUT2D eigenvalue weighted by molar-refractivity contribution is -0.127.